The van der Waals surface area contributed by atoms with Crippen LogP contribution in [-0.2, 0) is 38.8 Å². The second-order valence-corrected chi connectivity index (χ2v) is 11.8. The molecular formula is C24H26N2O5S2. The number of ether oxygens (including phenoxy) is 1. The summed E-state index contributed by atoms with van der Waals surface area (Å²) in [6.07, 6.45) is 0.557. The summed E-state index contributed by atoms with van der Waals surface area (Å²) in [5, 5.41) is 0. The number of aryl methyl sites for hydroxylation is 1. The molecule has 0 spiro atoms. The largest absolute Gasteiger partial charge is 0.497 e. The van der Waals surface area contributed by atoms with Crippen LogP contribution in [0.5, 0.6) is 5.75 Å². The number of methoxy groups -OCH3 is 1. The molecule has 7 nitrogen and oxygen atoms in total. The number of sulfonamides is 2. The highest BCUT2D eigenvalue weighted by Crippen LogP contribution is 2.28. The third-order valence-electron chi connectivity index (χ3n) is 5.59. The maximum atomic E-state index is 13.1. The second-order valence-electron chi connectivity index (χ2n) is 8.10. The summed E-state index contributed by atoms with van der Waals surface area (Å²) in [5.74, 6) is 0.449. The third kappa shape index (κ3) is 5.38. The minimum Gasteiger partial charge on any atom is -0.497 e. The minimum absolute atomic E-state index is 0.135. The molecule has 0 fully saturated rings. The molecule has 0 unspecified atom stereocenters. The first-order valence-electron chi connectivity index (χ1n) is 10.5. The van der Waals surface area contributed by atoms with Gasteiger partial charge in [-0.05, 0) is 66.4 Å². The second kappa shape index (κ2) is 9.17. The Kier molecular flexibility index (Phi) is 6.47. The van der Waals surface area contributed by atoms with Crippen molar-refractivity contribution in [1.82, 2.24) is 4.31 Å². The molecule has 9 heteroatoms. The Balaban J connectivity index is 1.52. The first kappa shape index (κ1) is 23.3. The van der Waals surface area contributed by atoms with E-state index in [1.807, 2.05) is 31.2 Å². The zero-order valence-electron chi connectivity index (χ0n) is 18.5. The van der Waals surface area contributed by atoms with Gasteiger partial charge >= 0.3 is 0 Å². The number of nitrogens with zero attached hydrogens (tertiary/aromatic N) is 1. The van der Waals surface area contributed by atoms with Crippen molar-refractivity contribution in [2.45, 2.75) is 30.5 Å². The van der Waals surface area contributed by atoms with E-state index in [4.69, 9.17) is 4.74 Å². The van der Waals surface area contributed by atoms with Gasteiger partial charge in [-0.15, -0.1) is 0 Å². The highest BCUT2D eigenvalue weighted by molar-refractivity contribution is 7.91. The number of benzene rings is 3. The molecular weight excluding hydrogens is 460 g/mol. The molecule has 174 valence electrons. The topological polar surface area (TPSA) is 92.8 Å². The minimum atomic E-state index is -3.68. The van der Waals surface area contributed by atoms with Crippen LogP contribution < -0.4 is 9.46 Å². The van der Waals surface area contributed by atoms with Gasteiger partial charge in [-0.3, -0.25) is 4.72 Å². The molecule has 33 heavy (non-hydrogen) atoms. The van der Waals surface area contributed by atoms with Crippen LogP contribution in [0.25, 0.3) is 0 Å². The predicted octanol–water partition coefficient (Wildman–Crippen LogP) is 3.69. The van der Waals surface area contributed by atoms with E-state index in [0.717, 1.165) is 16.7 Å². The summed E-state index contributed by atoms with van der Waals surface area (Å²) in [4.78, 5) is 0.196. The number of hydrogen-bond donors (Lipinski definition) is 1. The summed E-state index contributed by atoms with van der Waals surface area (Å²) in [7, 11) is -5.77. The fourth-order valence-corrected chi connectivity index (χ4v) is 6.53. The Bertz CT molecular complexity index is 1370. The molecule has 1 heterocycles. The zero-order chi connectivity index (χ0) is 23.6. The van der Waals surface area contributed by atoms with Crippen molar-refractivity contribution in [1.29, 1.82) is 0 Å². The molecule has 0 saturated carbocycles. The van der Waals surface area contributed by atoms with Gasteiger partial charge in [0, 0.05) is 18.8 Å². The predicted molar refractivity (Wildman–Crippen MR) is 128 cm³/mol. The van der Waals surface area contributed by atoms with Crippen LogP contribution >= 0.6 is 0 Å². The Hall–Kier alpha value is -2.88. The molecule has 0 radical (unpaired) electrons. The number of nitrogens with one attached hydrogen (secondary N) is 1. The maximum Gasteiger partial charge on any atom is 0.243 e. The Morgan fingerprint density at radius 3 is 2.39 bits per heavy atom. The first-order chi connectivity index (χ1) is 15.7. The number of hydrogen-bond acceptors (Lipinski definition) is 5. The molecule has 1 N–H and O–H groups in total. The van der Waals surface area contributed by atoms with Gasteiger partial charge in [-0.2, -0.15) is 4.31 Å². The van der Waals surface area contributed by atoms with Crippen LogP contribution in [0, 0.1) is 6.92 Å². The molecule has 4 rings (SSSR count). The van der Waals surface area contributed by atoms with E-state index in [2.05, 4.69) is 4.72 Å². The first-order valence-corrected chi connectivity index (χ1v) is 13.6. The Morgan fingerprint density at radius 2 is 1.70 bits per heavy atom. The zero-order valence-corrected chi connectivity index (χ0v) is 20.1. The Morgan fingerprint density at radius 1 is 0.939 bits per heavy atom. The molecule has 0 amide bonds. The SMILES string of the molecule is COc1ccc(S(=O)(=O)N2CCc3ccc(NS(=O)(=O)Cc4cccc(C)c4)cc3C2)cc1. The quantitative estimate of drug-likeness (QED) is 0.550. The van der Waals surface area contributed by atoms with Crippen molar-refractivity contribution < 1.29 is 21.6 Å². The van der Waals surface area contributed by atoms with Crippen LogP contribution in [0.4, 0.5) is 5.69 Å². The molecule has 0 atom stereocenters. The summed E-state index contributed by atoms with van der Waals surface area (Å²) in [5.41, 5.74) is 3.92. The van der Waals surface area contributed by atoms with Gasteiger partial charge in [0.1, 0.15) is 5.75 Å². The van der Waals surface area contributed by atoms with Gasteiger partial charge in [-0.25, -0.2) is 16.8 Å². The molecule has 0 aliphatic carbocycles. The average Bonchev–Trinajstić information content (AvgIpc) is 2.78. The number of anilines is 1. The smallest absolute Gasteiger partial charge is 0.243 e. The van der Waals surface area contributed by atoms with E-state index in [1.165, 1.54) is 23.5 Å². The lowest BCUT2D eigenvalue weighted by Gasteiger charge is -2.28. The van der Waals surface area contributed by atoms with E-state index < -0.39 is 20.0 Å². The lowest BCUT2D eigenvalue weighted by Crippen LogP contribution is -2.36. The van der Waals surface area contributed by atoms with Crippen molar-refractivity contribution in [3.63, 3.8) is 0 Å². The Labute approximate surface area is 195 Å². The molecule has 0 saturated heterocycles. The van der Waals surface area contributed by atoms with Crippen molar-refractivity contribution in [2.24, 2.45) is 0 Å². The monoisotopic (exact) mass is 486 g/mol. The average molecular weight is 487 g/mol. The van der Waals surface area contributed by atoms with Gasteiger partial charge in [-0.1, -0.05) is 35.9 Å². The van der Waals surface area contributed by atoms with Crippen molar-refractivity contribution >= 4 is 25.7 Å². The number of fused-ring (bicyclic) bond motifs is 1. The lowest BCUT2D eigenvalue weighted by molar-refractivity contribution is 0.391. The molecule has 3 aromatic rings. The summed E-state index contributed by atoms with van der Waals surface area (Å²) >= 11 is 0. The van der Waals surface area contributed by atoms with Crippen LogP contribution in [0.2, 0.25) is 0 Å². The van der Waals surface area contributed by atoms with E-state index in [1.54, 1.807) is 30.3 Å². The molecule has 1 aliphatic heterocycles. The van der Waals surface area contributed by atoms with Crippen LogP contribution in [-0.4, -0.2) is 34.8 Å². The highest BCUT2D eigenvalue weighted by Gasteiger charge is 2.28. The van der Waals surface area contributed by atoms with Crippen molar-refractivity contribution in [3.8, 4) is 5.75 Å². The van der Waals surface area contributed by atoms with Gasteiger partial charge in [0.2, 0.25) is 20.0 Å². The summed E-state index contributed by atoms with van der Waals surface area (Å²) < 4.78 is 60.7. The van der Waals surface area contributed by atoms with Gasteiger partial charge in [0.25, 0.3) is 0 Å². The standard InChI is InChI=1S/C24H26N2O5S2/c1-18-4-3-5-19(14-18)17-32(27,28)25-22-7-6-20-12-13-26(16-21(20)15-22)33(29,30)24-10-8-23(31-2)9-11-24/h3-11,14-15,25H,12-13,16-17H2,1-2H3. The van der Waals surface area contributed by atoms with Crippen LogP contribution in [0.3, 0.4) is 0 Å². The summed E-state index contributed by atoms with van der Waals surface area (Å²) in [6.45, 7) is 2.45. The van der Waals surface area contributed by atoms with Crippen molar-refractivity contribution in [2.75, 3.05) is 18.4 Å². The number of rotatable bonds is 7. The maximum absolute atomic E-state index is 13.1. The fourth-order valence-electron chi connectivity index (χ4n) is 3.93. The van der Waals surface area contributed by atoms with Gasteiger partial charge < -0.3 is 4.74 Å². The van der Waals surface area contributed by atoms with E-state index in [-0.39, 0.29) is 17.2 Å². The van der Waals surface area contributed by atoms with Crippen molar-refractivity contribution in [3.05, 3.63) is 89.0 Å². The van der Waals surface area contributed by atoms with Gasteiger partial charge in [0.15, 0.2) is 0 Å². The summed E-state index contributed by atoms with van der Waals surface area (Å²) in [6, 6.07) is 19.0. The van der Waals surface area contributed by atoms with E-state index >= 15 is 0 Å². The normalized spacial score (nSPS) is 14.5. The van der Waals surface area contributed by atoms with Crippen LogP contribution in [0.15, 0.2) is 71.6 Å². The van der Waals surface area contributed by atoms with E-state index in [9.17, 15) is 16.8 Å². The third-order valence-corrected chi connectivity index (χ3v) is 8.71. The fraction of sp³-hybridized carbons (Fsp3) is 0.250. The highest BCUT2D eigenvalue weighted by atomic mass is 32.2. The molecule has 0 bridgehead atoms. The molecule has 3 aromatic carbocycles. The molecule has 0 aromatic heterocycles. The van der Waals surface area contributed by atoms with Gasteiger partial charge in [0.05, 0.1) is 17.8 Å². The van der Waals surface area contributed by atoms with E-state index in [0.29, 0.717) is 30.0 Å². The van der Waals surface area contributed by atoms with Crippen LogP contribution in [0.1, 0.15) is 22.3 Å². The molecule has 1 aliphatic rings. The lowest BCUT2D eigenvalue weighted by atomic mass is 10.0.